The van der Waals surface area contributed by atoms with E-state index in [2.05, 4.69) is 41.1 Å². The van der Waals surface area contributed by atoms with Gasteiger partial charge in [0.2, 0.25) is 0 Å². The summed E-state index contributed by atoms with van der Waals surface area (Å²) >= 11 is 0. The predicted octanol–water partition coefficient (Wildman–Crippen LogP) is 2.93. The van der Waals surface area contributed by atoms with Crippen molar-refractivity contribution in [1.29, 1.82) is 0 Å². The van der Waals surface area contributed by atoms with Gasteiger partial charge >= 0.3 is 5.97 Å². The lowest BCUT2D eigenvalue weighted by Gasteiger charge is -2.37. The molecule has 2 rings (SSSR count). The second-order valence-corrected chi connectivity index (χ2v) is 7.04. The van der Waals surface area contributed by atoms with Crippen molar-refractivity contribution in [2.24, 2.45) is 0 Å². The van der Waals surface area contributed by atoms with Gasteiger partial charge in [-0.2, -0.15) is 0 Å². The molecule has 122 valence electrons. The highest BCUT2D eigenvalue weighted by molar-refractivity contribution is 5.72. The largest absolute Gasteiger partial charge is 0.459 e. The topological polar surface area (TPSA) is 32.8 Å². The number of esters is 1. The van der Waals surface area contributed by atoms with Crippen LogP contribution >= 0.6 is 0 Å². The van der Waals surface area contributed by atoms with Crippen LogP contribution in [0.3, 0.4) is 0 Å². The molecule has 1 heterocycles. The fourth-order valence-electron chi connectivity index (χ4n) is 2.90. The highest BCUT2D eigenvalue weighted by atomic mass is 16.6. The van der Waals surface area contributed by atoms with Gasteiger partial charge in [-0.05, 0) is 45.7 Å². The predicted molar refractivity (Wildman–Crippen MR) is 90.2 cm³/mol. The number of nitrogens with zero attached hydrogens (tertiary/aromatic N) is 2. The van der Waals surface area contributed by atoms with Crippen LogP contribution in [0.25, 0.3) is 0 Å². The highest BCUT2D eigenvalue weighted by Crippen LogP contribution is 2.21. The van der Waals surface area contributed by atoms with Crippen LogP contribution in [0.2, 0.25) is 0 Å². The van der Waals surface area contributed by atoms with Crippen molar-refractivity contribution in [1.82, 2.24) is 4.90 Å². The summed E-state index contributed by atoms with van der Waals surface area (Å²) in [6.07, 6.45) is 2.16. The van der Waals surface area contributed by atoms with E-state index in [1.807, 2.05) is 26.8 Å². The average Bonchev–Trinajstić information content (AvgIpc) is 2.46. The lowest BCUT2D eigenvalue weighted by atomic mass is 10.0. The van der Waals surface area contributed by atoms with Gasteiger partial charge in [0.25, 0.3) is 0 Å². The van der Waals surface area contributed by atoms with E-state index in [1.165, 1.54) is 5.69 Å². The summed E-state index contributed by atoms with van der Waals surface area (Å²) in [4.78, 5) is 16.4. The van der Waals surface area contributed by atoms with E-state index in [0.717, 1.165) is 25.9 Å². The fourth-order valence-corrected chi connectivity index (χ4v) is 2.90. The summed E-state index contributed by atoms with van der Waals surface area (Å²) in [5.41, 5.74) is 0.858. The van der Waals surface area contributed by atoms with Crippen LogP contribution in [0, 0.1) is 0 Å². The number of para-hydroxylation sites is 1. The smallest absolute Gasteiger partial charge is 0.320 e. The van der Waals surface area contributed by atoms with Gasteiger partial charge in [0.05, 0.1) is 6.54 Å². The van der Waals surface area contributed by atoms with Crippen LogP contribution in [0.5, 0.6) is 0 Å². The van der Waals surface area contributed by atoms with Crippen LogP contribution in [0.15, 0.2) is 30.3 Å². The zero-order chi connectivity index (χ0) is 16.2. The van der Waals surface area contributed by atoms with E-state index in [9.17, 15) is 4.79 Å². The van der Waals surface area contributed by atoms with Crippen molar-refractivity contribution >= 4 is 11.7 Å². The molecule has 0 unspecified atom stereocenters. The summed E-state index contributed by atoms with van der Waals surface area (Å²) in [6.45, 7) is 8.02. The van der Waals surface area contributed by atoms with Crippen LogP contribution in [-0.2, 0) is 9.53 Å². The first-order valence-corrected chi connectivity index (χ1v) is 8.07. The Morgan fingerprint density at radius 3 is 2.36 bits per heavy atom. The van der Waals surface area contributed by atoms with Gasteiger partial charge in [0, 0.05) is 31.9 Å². The number of carbonyl (C=O) groups is 1. The molecule has 1 aliphatic heterocycles. The third-order valence-corrected chi connectivity index (χ3v) is 4.04. The molecule has 0 N–H and O–H groups in total. The third kappa shape index (κ3) is 5.02. The molecule has 4 heteroatoms. The Balaban J connectivity index is 1.79. The molecule has 1 aromatic carbocycles. The lowest BCUT2D eigenvalue weighted by molar-refractivity contribution is -0.156. The molecule has 0 spiro atoms. The molecule has 1 saturated heterocycles. The molecule has 4 nitrogen and oxygen atoms in total. The van der Waals surface area contributed by atoms with Crippen molar-refractivity contribution in [2.45, 2.75) is 45.3 Å². The van der Waals surface area contributed by atoms with Gasteiger partial charge in [-0.3, -0.25) is 9.69 Å². The number of benzene rings is 1. The van der Waals surface area contributed by atoms with Crippen molar-refractivity contribution in [3.63, 3.8) is 0 Å². The Morgan fingerprint density at radius 2 is 1.82 bits per heavy atom. The molecule has 0 saturated carbocycles. The highest BCUT2D eigenvalue weighted by Gasteiger charge is 2.25. The van der Waals surface area contributed by atoms with Crippen molar-refractivity contribution < 1.29 is 9.53 Å². The maximum absolute atomic E-state index is 11.9. The van der Waals surface area contributed by atoms with E-state index in [1.54, 1.807) is 0 Å². The van der Waals surface area contributed by atoms with Crippen molar-refractivity contribution in [3.05, 3.63) is 30.3 Å². The SMILES string of the molecule is CN(c1ccccc1)C1CCN(CC(=O)OC(C)(C)C)CC1. The molecule has 0 radical (unpaired) electrons. The van der Waals surface area contributed by atoms with Crippen LogP contribution in [0.4, 0.5) is 5.69 Å². The minimum atomic E-state index is -0.400. The Bertz CT molecular complexity index is 474. The first kappa shape index (κ1) is 16.8. The quantitative estimate of drug-likeness (QED) is 0.801. The van der Waals surface area contributed by atoms with E-state index in [4.69, 9.17) is 4.74 Å². The number of likely N-dealkylation sites (tertiary alicyclic amines) is 1. The van der Waals surface area contributed by atoms with E-state index in [-0.39, 0.29) is 5.97 Å². The molecule has 1 aliphatic rings. The molecule has 0 bridgehead atoms. The van der Waals surface area contributed by atoms with Gasteiger partial charge < -0.3 is 9.64 Å². The van der Waals surface area contributed by atoms with E-state index < -0.39 is 5.60 Å². The minimum absolute atomic E-state index is 0.123. The number of hydrogen-bond donors (Lipinski definition) is 0. The Morgan fingerprint density at radius 1 is 1.23 bits per heavy atom. The average molecular weight is 304 g/mol. The van der Waals surface area contributed by atoms with Gasteiger partial charge in [-0.25, -0.2) is 0 Å². The number of rotatable bonds is 4. The second-order valence-electron chi connectivity index (χ2n) is 7.04. The first-order chi connectivity index (χ1) is 10.3. The van der Waals surface area contributed by atoms with Gasteiger partial charge in [-0.1, -0.05) is 18.2 Å². The molecule has 0 amide bonds. The van der Waals surface area contributed by atoms with Gasteiger partial charge in [0.15, 0.2) is 0 Å². The Hall–Kier alpha value is -1.55. The van der Waals surface area contributed by atoms with Crippen LogP contribution in [0.1, 0.15) is 33.6 Å². The molecule has 0 aliphatic carbocycles. The maximum Gasteiger partial charge on any atom is 0.320 e. The first-order valence-electron chi connectivity index (χ1n) is 8.07. The number of ether oxygens (including phenoxy) is 1. The summed E-state index contributed by atoms with van der Waals surface area (Å²) in [6, 6.07) is 11.0. The van der Waals surface area contributed by atoms with Gasteiger partial charge in [-0.15, -0.1) is 0 Å². The molecule has 0 atom stereocenters. The number of hydrogen-bond acceptors (Lipinski definition) is 4. The Labute approximate surface area is 134 Å². The number of anilines is 1. The molecular weight excluding hydrogens is 276 g/mol. The summed E-state index contributed by atoms with van der Waals surface area (Å²) in [5, 5.41) is 0. The van der Waals surface area contributed by atoms with Crippen molar-refractivity contribution in [3.8, 4) is 0 Å². The van der Waals surface area contributed by atoms with Crippen LogP contribution < -0.4 is 4.90 Å². The van der Waals surface area contributed by atoms with E-state index in [0.29, 0.717) is 12.6 Å². The second kappa shape index (κ2) is 7.14. The molecule has 1 fully saturated rings. The van der Waals surface area contributed by atoms with Gasteiger partial charge in [0.1, 0.15) is 5.60 Å². The van der Waals surface area contributed by atoms with E-state index >= 15 is 0 Å². The van der Waals surface area contributed by atoms with Crippen LogP contribution in [-0.4, -0.2) is 49.2 Å². The summed E-state index contributed by atoms with van der Waals surface area (Å²) in [5.74, 6) is -0.123. The zero-order valence-corrected chi connectivity index (χ0v) is 14.2. The molecule has 0 aromatic heterocycles. The van der Waals surface area contributed by atoms with Crippen molar-refractivity contribution in [2.75, 3.05) is 31.6 Å². The molecule has 1 aromatic rings. The lowest BCUT2D eigenvalue weighted by Crippen LogP contribution is -2.45. The fraction of sp³-hybridized carbons (Fsp3) is 0.611. The monoisotopic (exact) mass is 304 g/mol. The summed E-state index contributed by atoms with van der Waals surface area (Å²) in [7, 11) is 2.16. The molecule has 22 heavy (non-hydrogen) atoms. The minimum Gasteiger partial charge on any atom is -0.459 e. The number of carbonyl (C=O) groups excluding carboxylic acids is 1. The zero-order valence-electron chi connectivity index (χ0n) is 14.2. The molecular formula is C18H28N2O2. The standard InChI is InChI=1S/C18H28N2O2/c1-18(2,3)22-17(21)14-20-12-10-16(11-13-20)19(4)15-8-6-5-7-9-15/h5-9,16H,10-14H2,1-4H3. The Kier molecular flexibility index (Phi) is 5.46. The number of piperidine rings is 1. The normalized spacial score (nSPS) is 17.3. The third-order valence-electron chi connectivity index (χ3n) is 4.04. The maximum atomic E-state index is 11.9. The summed E-state index contributed by atoms with van der Waals surface area (Å²) < 4.78 is 5.39.